The van der Waals surface area contributed by atoms with Crippen molar-refractivity contribution in [2.45, 2.75) is 6.42 Å². The smallest absolute Gasteiger partial charge is 0.192 e. The van der Waals surface area contributed by atoms with Gasteiger partial charge >= 0.3 is 0 Å². The number of nitrogens with zero attached hydrogens (tertiary/aromatic N) is 2. The minimum atomic E-state index is 0.149. The first-order chi connectivity index (χ1) is 8.79. The number of carbonyl (C=O) groups excluding carboxylic acids is 1. The summed E-state index contributed by atoms with van der Waals surface area (Å²) in [5, 5.41) is 8.93. The van der Waals surface area contributed by atoms with Crippen molar-refractivity contribution in [3.05, 3.63) is 24.0 Å². The highest BCUT2D eigenvalue weighted by atomic mass is 16.3. The van der Waals surface area contributed by atoms with E-state index in [4.69, 9.17) is 5.11 Å². The maximum absolute atomic E-state index is 12.0. The molecule has 5 nitrogen and oxygen atoms in total. The molecule has 0 atom stereocenters. The number of hydrogen-bond donors (Lipinski definition) is 2. The Hall–Kier alpha value is -1.17. The molecule has 0 spiro atoms. The van der Waals surface area contributed by atoms with Gasteiger partial charge in [0.25, 0.3) is 0 Å². The van der Waals surface area contributed by atoms with Crippen LogP contribution in [-0.4, -0.2) is 71.5 Å². The second kappa shape index (κ2) is 6.68. The van der Waals surface area contributed by atoms with Gasteiger partial charge in [-0.2, -0.15) is 0 Å². The standard InChI is InChI=1S/C13H21N3O2/c17-10-9-15-5-2-6-16(8-7-15)11-13(18)12-3-1-4-14-12/h1,3-4,14,17H,2,5-11H2. The number of aromatic nitrogens is 1. The molecule has 0 amide bonds. The van der Waals surface area contributed by atoms with E-state index in [0.717, 1.165) is 39.1 Å². The fraction of sp³-hybridized carbons (Fsp3) is 0.615. The predicted octanol–water partition coefficient (Wildman–Crippen LogP) is 0.197. The summed E-state index contributed by atoms with van der Waals surface area (Å²) in [4.78, 5) is 19.4. The molecule has 1 aliphatic heterocycles. The molecule has 100 valence electrons. The van der Waals surface area contributed by atoms with Crippen molar-refractivity contribution in [1.82, 2.24) is 14.8 Å². The molecule has 0 radical (unpaired) electrons. The summed E-state index contributed by atoms with van der Waals surface area (Å²) in [7, 11) is 0. The topological polar surface area (TPSA) is 59.6 Å². The summed E-state index contributed by atoms with van der Waals surface area (Å²) < 4.78 is 0. The summed E-state index contributed by atoms with van der Waals surface area (Å²) in [6, 6.07) is 3.66. The van der Waals surface area contributed by atoms with Crippen LogP contribution < -0.4 is 0 Å². The van der Waals surface area contributed by atoms with Gasteiger partial charge in [-0.3, -0.25) is 14.6 Å². The average molecular weight is 251 g/mol. The Morgan fingerprint density at radius 3 is 2.78 bits per heavy atom. The minimum Gasteiger partial charge on any atom is -0.395 e. The Balaban J connectivity index is 1.81. The number of aliphatic hydroxyl groups excluding tert-OH is 1. The minimum absolute atomic E-state index is 0.149. The molecule has 1 aromatic rings. The van der Waals surface area contributed by atoms with E-state index >= 15 is 0 Å². The zero-order valence-electron chi connectivity index (χ0n) is 10.6. The van der Waals surface area contributed by atoms with E-state index in [1.54, 1.807) is 6.20 Å². The second-order valence-electron chi connectivity index (χ2n) is 4.70. The fourth-order valence-electron chi connectivity index (χ4n) is 2.34. The molecular formula is C13H21N3O2. The van der Waals surface area contributed by atoms with Crippen molar-refractivity contribution in [2.75, 3.05) is 45.9 Å². The van der Waals surface area contributed by atoms with Crippen LogP contribution in [0.1, 0.15) is 16.9 Å². The second-order valence-corrected chi connectivity index (χ2v) is 4.70. The first-order valence-electron chi connectivity index (χ1n) is 6.52. The van der Waals surface area contributed by atoms with E-state index in [1.807, 2.05) is 12.1 Å². The molecule has 0 aliphatic carbocycles. The summed E-state index contributed by atoms with van der Waals surface area (Å²) >= 11 is 0. The van der Waals surface area contributed by atoms with E-state index in [9.17, 15) is 4.79 Å². The number of β-amino-alcohol motifs (C(OH)–C–C–N with tert-alkyl or cyclic N) is 1. The molecule has 1 aliphatic rings. The molecular weight excluding hydrogens is 230 g/mol. The number of ketones is 1. The Kier molecular flexibility index (Phi) is 4.92. The normalized spacial score (nSPS) is 18.7. The molecule has 1 saturated heterocycles. The van der Waals surface area contributed by atoms with Crippen molar-refractivity contribution in [3.8, 4) is 0 Å². The van der Waals surface area contributed by atoms with Crippen LogP contribution in [-0.2, 0) is 0 Å². The predicted molar refractivity (Wildman–Crippen MR) is 69.7 cm³/mol. The van der Waals surface area contributed by atoms with E-state index in [0.29, 0.717) is 12.2 Å². The molecule has 0 saturated carbocycles. The van der Waals surface area contributed by atoms with Gasteiger partial charge in [-0.05, 0) is 31.6 Å². The van der Waals surface area contributed by atoms with Crippen LogP contribution in [0.25, 0.3) is 0 Å². The van der Waals surface area contributed by atoms with Gasteiger partial charge in [0.1, 0.15) is 0 Å². The van der Waals surface area contributed by atoms with Gasteiger partial charge in [-0.15, -0.1) is 0 Å². The van der Waals surface area contributed by atoms with Gasteiger partial charge in [0.15, 0.2) is 5.78 Å². The van der Waals surface area contributed by atoms with E-state index in [1.165, 1.54) is 0 Å². The summed E-state index contributed by atoms with van der Waals surface area (Å²) in [6.45, 7) is 5.21. The van der Waals surface area contributed by atoms with Crippen LogP contribution in [0.5, 0.6) is 0 Å². The van der Waals surface area contributed by atoms with Gasteiger partial charge in [0, 0.05) is 25.8 Å². The molecule has 5 heteroatoms. The summed E-state index contributed by atoms with van der Waals surface area (Å²) in [6.07, 6.45) is 2.83. The van der Waals surface area contributed by atoms with Crippen molar-refractivity contribution in [2.24, 2.45) is 0 Å². The summed E-state index contributed by atoms with van der Waals surface area (Å²) in [5.74, 6) is 0.149. The van der Waals surface area contributed by atoms with Gasteiger partial charge in [-0.25, -0.2) is 0 Å². The zero-order chi connectivity index (χ0) is 12.8. The lowest BCUT2D eigenvalue weighted by Crippen LogP contribution is -2.35. The highest BCUT2D eigenvalue weighted by molar-refractivity contribution is 5.95. The maximum Gasteiger partial charge on any atom is 0.192 e. The van der Waals surface area contributed by atoms with Crippen molar-refractivity contribution in [3.63, 3.8) is 0 Å². The average Bonchev–Trinajstić information content (AvgIpc) is 2.81. The van der Waals surface area contributed by atoms with Gasteiger partial charge < -0.3 is 10.1 Å². The Bertz CT molecular complexity index is 364. The number of nitrogens with one attached hydrogen (secondary N) is 1. The highest BCUT2D eigenvalue weighted by Crippen LogP contribution is 2.05. The lowest BCUT2D eigenvalue weighted by atomic mass is 10.2. The van der Waals surface area contributed by atoms with Crippen molar-refractivity contribution >= 4 is 5.78 Å². The molecule has 1 fully saturated rings. The van der Waals surface area contributed by atoms with Crippen LogP contribution >= 0.6 is 0 Å². The third-order valence-corrected chi connectivity index (χ3v) is 3.36. The number of rotatable bonds is 5. The SMILES string of the molecule is O=C(CN1CCCN(CCO)CC1)c1ccc[nH]1. The molecule has 1 aromatic heterocycles. The molecule has 18 heavy (non-hydrogen) atoms. The maximum atomic E-state index is 12.0. The quantitative estimate of drug-likeness (QED) is 0.734. The lowest BCUT2D eigenvalue weighted by Gasteiger charge is -2.20. The molecule has 2 N–H and O–H groups in total. The summed E-state index contributed by atoms with van der Waals surface area (Å²) in [5.41, 5.74) is 0.687. The van der Waals surface area contributed by atoms with Gasteiger partial charge in [-0.1, -0.05) is 0 Å². The van der Waals surface area contributed by atoms with E-state index in [2.05, 4.69) is 14.8 Å². The Morgan fingerprint density at radius 1 is 1.28 bits per heavy atom. The van der Waals surface area contributed by atoms with Crippen molar-refractivity contribution < 1.29 is 9.90 Å². The fourth-order valence-corrected chi connectivity index (χ4v) is 2.34. The Morgan fingerprint density at radius 2 is 2.06 bits per heavy atom. The number of Topliss-reactive ketones (excluding diaryl/α,β-unsaturated/α-hetero) is 1. The van der Waals surface area contributed by atoms with Crippen LogP contribution in [0.2, 0.25) is 0 Å². The number of H-pyrrole nitrogens is 1. The largest absolute Gasteiger partial charge is 0.395 e. The van der Waals surface area contributed by atoms with Crippen molar-refractivity contribution in [1.29, 1.82) is 0 Å². The third kappa shape index (κ3) is 3.66. The van der Waals surface area contributed by atoms with E-state index < -0.39 is 0 Å². The number of aromatic amines is 1. The van der Waals surface area contributed by atoms with E-state index in [-0.39, 0.29) is 12.4 Å². The van der Waals surface area contributed by atoms with Crippen LogP contribution in [0, 0.1) is 0 Å². The Labute approximate surface area is 107 Å². The highest BCUT2D eigenvalue weighted by Gasteiger charge is 2.17. The first-order valence-corrected chi connectivity index (χ1v) is 6.52. The van der Waals surface area contributed by atoms with Crippen LogP contribution in [0.4, 0.5) is 0 Å². The third-order valence-electron chi connectivity index (χ3n) is 3.36. The zero-order valence-corrected chi connectivity index (χ0v) is 10.6. The molecule has 0 unspecified atom stereocenters. The van der Waals surface area contributed by atoms with Gasteiger partial charge in [0.05, 0.1) is 18.8 Å². The number of hydrogen-bond acceptors (Lipinski definition) is 4. The van der Waals surface area contributed by atoms with Crippen LogP contribution in [0.15, 0.2) is 18.3 Å². The molecule has 2 rings (SSSR count). The number of carbonyl (C=O) groups is 1. The lowest BCUT2D eigenvalue weighted by molar-refractivity contribution is 0.0927. The first kappa shape index (κ1) is 13.3. The van der Waals surface area contributed by atoms with Crippen LogP contribution in [0.3, 0.4) is 0 Å². The molecule has 0 aromatic carbocycles. The molecule has 0 bridgehead atoms. The monoisotopic (exact) mass is 251 g/mol. The van der Waals surface area contributed by atoms with Gasteiger partial charge in [0.2, 0.25) is 0 Å². The number of aliphatic hydroxyl groups is 1. The molecule has 2 heterocycles.